The number of rotatable bonds is 5. The molecule has 0 unspecified atom stereocenters. The van der Waals surface area contributed by atoms with Crippen LogP contribution in [0.2, 0.25) is 0 Å². The molecule has 156 valence electrons. The van der Waals surface area contributed by atoms with Crippen molar-refractivity contribution in [2.75, 3.05) is 11.9 Å². The standard InChI is InChI=1S/C24H21N3O4/c28-21(9-4-12-27-23(30)18-5-1-2-6-19(18)24(27)31)25-14-10-11-16-15-7-3-8-17(15)22(29)26-20(16)13-14/h1-2,5-6,10-11,13H,3-4,7-9,12H2,(H,25,28)(H,26,29). The third-order valence-corrected chi connectivity index (χ3v) is 6.03. The minimum atomic E-state index is -0.313. The number of aromatic nitrogens is 1. The Balaban J connectivity index is 1.22. The summed E-state index contributed by atoms with van der Waals surface area (Å²) in [6.07, 6.45) is 3.25. The molecular weight excluding hydrogens is 394 g/mol. The normalized spacial score (nSPS) is 14.8. The minimum absolute atomic E-state index is 0.0515. The Morgan fingerprint density at radius 2 is 1.68 bits per heavy atom. The Hall–Kier alpha value is -3.74. The van der Waals surface area contributed by atoms with Crippen molar-refractivity contribution in [1.29, 1.82) is 0 Å². The van der Waals surface area contributed by atoms with Crippen molar-refractivity contribution < 1.29 is 14.4 Å². The average Bonchev–Trinajstić information content (AvgIpc) is 3.34. The van der Waals surface area contributed by atoms with E-state index in [0.717, 1.165) is 41.3 Å². The van der Waals surface area contributed by atoms with Crippen LogP contribution >= 0.6 is 0 Å². The molecule has 0 atom stereocenters. The number of pyridine rings is 1. The highest BCUT2D eigenvalue weighted by molar-refractivity contribution is 6.21. The summed E-state index contributed by atoms with van der Waals surface area (Å²) in [6, 6.07) is 12.3. The van der Waals surface area contributed by atoms with E-state index < -0.39 is 0 Å². The lowest BCUT2D eigenvalue weighted by molar-refractivity contribution is -0.116. The van der Waals surface area contributed by atoms with E-state index in [9.17, 15) is 19.2 Å². The van der Waals surface area contributed by atoms with Gasteiger partial charge < -0.3 is 10.3 Å². The number of imide groups is 1. The van der Waals surface area contributed by atoms with E-state index in [0.29, 0.717) is 23.2 Å². The molecule has 2 N–H and O–H groups in total. The highest BCUT2D eigenvalue weighted by atomic mass is 16.2. The quantitative estimate of drug-likeness (QED) is 0.626. The molecule has 2 aliphatic rings. The summed E-state index contributed by atoms with van der Waals surface area (Å²) in [5.74, 6) is -0.835. The number of benzene rings is 2. The summed E-state index contributed by atoms with van der Waals surface area (Å²) >= 11 is 0. The minimum Gasteiger partial charge on any atom is -0.326 e. The lowest BCUT2D eigenvalue weighted by Crippen LogP contribution is -2.31. The molecule has 0 fully saturated rings. The maximum Gasteiger partial charge on any atom is 0.261 e. The fourth-order valence-corrected chi connectivity index (χ4v) is 4.54. The zero-order chi connectivity index (χ0) is 21.5. The van der Waals surface area contributed by atoms with Crippen LogP contribution in [0, 0.1) is 0 Å². The lowest BCUT2D eigenvalue weighted by Gasteiger charge is -2.13. The largest absolute Gasteiger partial charge is 0.326 e. The average molecular weight is 415 g/mol. The first-order valence-electron chi connectivity index (χ1n) is 10.5. The van der Waals surface area contributed by atoms with Gasteiger partial charge in [0.1, 0.15) is 0 Å². The Morgan fingerprint density at radius 3 is 2.42 bits per heavy atom. The molecule has 2 aromatic carbocycles. The molecule has 0 spiro atoms. The Kier molecular flexibility index (Phi) is 4.66. The van der Waals surface area contributed by atoms with E-state index in [2.05, 4.69) is 10.3 Å². The number of H-pyrrole nitrogens is 1. The van der Waals surface area contributed by atoms with Crippen molar-refractivity contribution in [1.82, 2.24) is 9.88 Å². The highest BCUT2D eigenvalue weighted by Gasteiger charge is 2.34. The van der Waals surface area contributed by atoms with Gasteiger partial charge in [0.15, 0.2) is 0 Å². The van der Waals surface area contributed by atoms with Gasteiger partial charge in [-0.3, -0.25) is 24.1 Å². The van der Waals surface area contributed by atoms with Crippen LogP contribution in [-0.2, 0) is 17.6 Å². The van der Waals surface area contributed by atoms with E-state index in [1.54, 1.807) is 30.3 Å². The lowest BCUT2D eigenvalue weighted by atomic mass is 10.1. The number of fused-ring (bicyclic) bond motifs is 4. The van der Waals surface area contributed by atoms with E-state index >= 15 is 0 Å². The van der Waals surface area contributed by atoms with Crippen molar-refractivity contribution in [3.05, 3.63) is 75.1 Å². The molecule has 31 heavy (non-hydrogen) atoms. The number of nitrogens with one attached hydrogen (secondary N) is 2. The molecule has 0 radical (unpaired) electrons. The number of carbonyl (C=O) groups excluding carboxylic acids is 3. The smallest absolute Gasteiger partial charge is 0.261 e. The van der Waals surface area contributed by atoms with Gasteiger partial charge in [-0.15, -0.1) is 0 Å². The van der Waals surface area contributed by atoms with Gasteiger partial charge in [-0.1, -0.05) is 18.2 Å². The highest BCUT2D eigenvalue weighted by Crippen LogP contribution is 2.28. The van der Waals surface area contributed by atoms with Gasteiger partial charge in [-0.2, -0.15) is 0 Å². The second kappa shape index (κ2) is 7.50. The van der Waals surface area contributed by atoms with Gasteiger partial charge in [0.2, 0.25) is 5.91 Å². The third kappa shape index (κ3) is 3.32. The molecule has 5 rings (SSSR count). The van der Waals surface area contributed by atoms with E-state index in [1.165, 1.54) is 4.90 Å². The van der Waals surface area contributed by atoms with Crippen LogP contribution in [-0.4, -0.2) is 34.2 Å². The molecule has 0 bridgehead atoms. The predicted molar refractivity (Wildman–Crippen MR) is 116 cm³/mol. The molecule has 1 aliphatic heterocycles. The van der Waals surface area contributed by atoms with Gasteiger partial charge in [0.05, 0.1) is 16.6 Å². The van der Waals surface area contributed by atoms with E-state index in [-0.39, 0.29) is 36.2 Å². The van der Waals surface area contributed by atoms with Gasteiger partial charge in [0.25, 0.3) is 17.4 Å². The Bertz CT molecular complexity index is 1270. The zero-order valence-electron chi connectivity index (χ0n) is 16.9. The summed E-state index contributed by atoms with van der Waals surface area (Å²) in [6.45, 7) is 0.191. The summed E-state index contributed by atoms with van der Waals surface area (Å²) in [4.78, 5) is 53.5. The van der Waals surface area contributed by atoms with Crippen LogP contribution in [0.4, 0.5) is 5.69 Å². The first-order chi connectivity index (χ1) is 15.0. The number of hydrogen-bond acceptors (Lipinski definition) is 4. The molecular formula is C24H21N3O4. The van der Waals surface area contributed by atoms with Crippen molar-refractivity contribution in [2.45, 2.75) is 32.1 Å². The van der Waals surface area contributed by atoms with Crippen LogP contribution in [0.25, 0.3) is 10.9 Å². The number of aromatic amines is 1. The van der Waals surface area contributed by atoms with Crippen molar-refractivity contribution in [3.8, 4) is 0 Å². The van der Waals surface area contributed by atoms with Gasteiger partial charge in [-0.05, 0) is 55.5 Å². The topological polar surface area (TPSA) is 99.3 Å². The van der Waals surface area contributed by atoms with Crippen LogP contribution in [0.5, 0.6) is 0 Å². The fraction of sp³-hybridized carbons (Fsp3) is 0.250. The number of hydrogen-bond donors (Lipinski definition) is 2. The first-order valence-corrected chi connectivity index (χ1v) is 10.5. The molecule has 3 aromatic rings. The van der Waals surface area contributed by atoms with E-state index in [4.69, 9.17) is 0 Å². The molecule has 1 aliphatic carbocycles. The number of carbonyl (C=O) groups is 3. The summed E-state index contributed by atoms with van der Waals surface area (Å²) in [5, 5.41) is 3.86. The molecule has 3 amide bonds. The van der Waals surface area contributed by atoms with Crippen LogP contribution in [0.3, 0.4) is 0 Å². The number of amides is 3. The molecule has 7 heteroatoms. The van der Waals surface area contributed by atoms with Crippen LogP contribution in [0.1, 0.15) is 51.1 Å². The molecule has 2 heterocycles. The Labute approximate surface area is 178 Å². The molecule has 7 nitrogen and oxygen atoms in total. The summed E-state index contributed by atoms with van der Waals surface area (Å²) in [7, 11) is 0. The molecule has 0 saturated carbocycles. The van der Waals surface area contributed by atoms with Crippen LogP contribution < -0.4 is 10.9 Å². The van der Waals surface area contributed by atoms with Gasteiger partial charge in [-0.25, -0.2) is 0 Å². The third-order valence-electron chi connectivity index (χ3n) is 6.03. The fourth-order valence-electron chi connectivity index (χ4n) is 4.54. The van der Waals surface area contributed by atoms with Gasteiger partial charge >= 0.3 is 0 Å². The van der Waals surface area contributed by atoms with Crippen molar-refractivity contribution >= 4 is 34.3 Å². The Morgan fingerprint density at radius 1 is 0.968 bits per heavy atom. The van der Waals surface area contributed by atoms with Crippen LogP contribution in [0.15, 0.2) is 47.3 Å². The second-order valence-electron chi connectivity index (χ2n) is 7.98. The molecule has 1 aromatic heterocycles. The summed E-state index contributed by atoms with van der Waals surface area (Å²) < 4.78 is 0. The van der Waals surface area contributed by atoms with E-state index in [1.807, 2.05) is 12.1 Å². The monoisotopic (exact) mass is 415 g/mol. The first kappa shape index (κ1) is 19.2. The maximum absolute atomic E-state index is 12.4. The second-order valence-corrected chi connectivity index (χ2v) is 7.98. The number of anilines is 1. The molecule has 0 saturated heterocycles. The summed E-state index contributed by atoms with van der Waals surface area (Å²) in [5.41, 5.74) is 4.07. The number of nitrogens with zero attached hydrogens (tertiary/aromatic N) is 1. The van der Waals surface area contributed by atoms with Crippen molar-refractivity contribution in [3.63, 3.8) is 0 Å². The SMILES string of the molecule is O=C(CCCN1C(=O)c2ccccc2C1=O)Nc1ccc2c3c(c(=O)[nH]c2c1)CCC3. The van der Waals surface area contributed by atoms with Gasteiger partial charge in [0, 0.05) is 29.6 Å². The number of aryl methyl sites for hydroxylation is 1. The zero-order valence-corrected chi connectivity index (χ0v) is 16.9. The predicted octanol–water partition coefficient (Wildman–Crippen LogP) is 3.03. The maximum atomic E-state index is 12.4. The van der Waals surface area contributed by atoms with Crippen molar-refractivity contribution in [2.24, 2.45) is 0 Å².